The first-order valence-electron chi connectivity index (χ1n) is 5.72. The van der Waals surface area contributed by atoms with Gasteiger partial charge in [-0.15, -0.1) is 11.3 Å². The van der Waals surface area contributed by atoms with E-state index in [-0.39, 0.29) is 18.2 Å². The smallest absolute Gasteiger partial charge is 0.335 e. The van der Waals surface area contributed by atoms with Crippen LogP contribution in [0.15, 0.2) is 29.8 Å². The number of rotatable bonds is 5. The molecule has 0 fully saturated rings. The van der Waals surface area contributed by atoms with Crippen molar-refractivity contribution in [2.75, 3.05) is 0 Å². The Morgan fingerprint density at radius 1 is 1.58 bits per heavy atom. The van der Waals surface area contributed by atoms with Crippen molar-refractivity contribution >= 4 is 17.3 Å². The molecule has 0 saturated heterocycles. The molecule has 1 aromatic heterocycles. The molecule has 0 saturated carbocycles. The minimum Gasteiger partial charge on any atom is -0.478 e. The molecular formula is C13H13FN2O2S. The molecule has 0 radical (unpaired) electrons. The number of hydrogen-bond acceptors (Lipinski definition) is 4. The summed E-state index contributed by atoms with van der Waals surface area (Å²) in [4.78, 5) is 15.0. The molecule has 0 amide bonds. The van der Waals surface area contributed by atoms with Crippen molar-refractivity contribution in [3.05, 3.63) is 51.7 Å². The lowest BCUT2D eigenvalue weighted by atomic mass is 10.1. The second-order valence-corrected chi connectivity index (χ2v) is 5.01. The molecule has 2 N–H and O–H groups in total. The standard InChI is InChI=1S/C13H13FN2O2S/c1-8(12-15-4-5-19-12)16-7-10-6-9(13(17)18)2-3-11(10)14/h2-6,8,16H,7H2,1H3,(H,17,18). The summed E-state index contributed by atoms with van der Waals surface area (Å²) >= 11 is 1.52. The Morgan fingerprint density at radius 3 is 3.00 bits per heavy atom. The van der Waals surface area contributed by atoms with Gasteiger partial charge in [-0.3, -0.25) is 0 Å². The number of aromatic carboxylic acids is 1. The van der Waals surface area contributed by atoms with E-state index in [1.54, 1.807) is 6.20 Å². The van der Waals surface area contributed by atoms with Gasteiger partial charge < -0.3 is 10.4 Å². The van der Waals surface area contributed by atoms with Crippen molar-refractivity contribution in [2.24, 2.45) is 0 Å². The Bertz CT molecular complexity index is 572. The van der Waals surface area contributed by atoms with Crippen LogP contribution in [0.25, 0.3) is 0 Å². The number of nitrogens with zero attached hydrogens (tertiary/aromatic N) is 1. The van der Waals surface area contributed by atoms with Crippen LogP contribution < -0.4 is 5.32 Å². The number of thiazole rings is 1. The van der Waals surface area contributed by atoms with E-state index in [2.05, 4.69) is 10.3 Å². The molecular weight excluding hydrogens is 267 g/mol. The van der Waals surface area contributed by atoms with Crippen LogP contribution in [0.5, 0.6) is 0 Å². The quantitative estimate of drug-likeness (QED) is 0.884. The Hall–Kier alpha value is -1.79. The molecule has 0 bridgehead atoms. The highest BCUT2D eigenvalue weighted by molar-refractivity contribution is 7.09. The van der Waals surface area contributed by atoms with Crippen LogP contribution in [-0.2, 0) is 6.54 Å². The maximum atomic E-state index is 13.6. The van der Waals surface area contributed by atoms with Gasteiger partial charge in [-0.05, 0) is 25.1 Å². The third kappa shape index (κ3) is 3.36. The fourth-order valence-electron chi connectivity index (χ4n) is 1.64. The Labute approximate surface area is 113 Å². The summed E-state index contributed by atoms with van der Waals surface area (Å²) < 4.78 is 13.6. The van der Waals surface area contributed by atoms with E-state index in [4.69, 9.17) is 5.11 Å². The third-order valence-electron chi connectivity index (χ3n) is 2.71. The molecule has 0 aliphatic heterocycles. The van der Waals surface area contributed by atoms with Crippen LogP contribution in [0.3, 0.4) is 0 Å². The highest BCUT2D eigenvalue weighted by Crippen LogP contribution is 2.17. The first kappa shape index (κ1) is 13.6. The highest BCUT2D eigenvalue weighted by atomic mass is 32.1. The SMILES string of the molecule is CC(NCc1cc(C(=O)O)ccc1F)c1nccs1. The molecule has 19 heavy (non-hydrogen) atoms. The second-order valence-electron chi connectivity index (χ2n) is 4.08. The average Bonchev–Trinajstić information content (AvgIpc) is 2.91. The van der Waals surface area contributed by atoms with Gasteiger partial charge in [0.1, 0.15) is 10.8 Å². The van der Waals surface area contributed by atoms with Gasteiger partial charge in [0.05, 0.1) is 11.6 Å². The zero-order valence-corrected chi connectivity index (χ0v) is 11.1. The Kier molecular flexibility index (Phi) is 4.24. The number of halogens is 1. The van der Waals surface area contributed by atoms with Gasteiger partial charge in [-0.1, -0.05) is 0 Å². The van der Waals surface area contributed by atoms with Gasteiger partial charge in [0.2, 0.25) is 0 Å². The number of carboxylic acid groups (broad SMARTS) is 1. The first-order chi connectivity index (χ1) is 9.08. The summed E-state index contributed by atoms with van der Waals surface area (Å²) in [6, 6.07) is 3.77. The lowest BCUT2D eigenvalue weighted by Crippen LogP contribution is -2.19. The summed E-state index contributed by atoms with van der Waals surface area (Å²) in [5, 5.41) is 14.8. The molecule has 0 aliphatic rings. The number of carbonyl (C=O) groups is 1. The summed E-state index contributed by atoms with van der Waals surface area (Å²) in [5.41, 5.74) is 0.420. The van der Waals surface area contributed by atoms with Gasteiger partial charge in [-0.2, -0.15) is 0 Å². The summed E-state index contributed by atoms with van der Waals surface area (Å²) in [6.07, 6.45) is 1.71. The van der Waals surface area contributed by atoms with Crippen molar-refractivity contribution < 1.29 is 14.3 Å². The largest absolute Gasteiger partial charge is 0.478 e. The molecule has 1 aromatic carbocycles. The van der Waals surface area contributed by atoms with Crippen LogP contribution in [-0.4, -0.2) is 16.1 Å². The number of hydrogen-bond donors (Lipinski definition) is 2. The predicted octanol–water partition coefficient (Wildman–Crippen LogP) is 2.83. The zero-order chi connectivity index (χ0) is 13.8. The summed E-state index contributed by atoms with van der Waals surface area (Å²) in [6.45, 7) is 2.19. The maximum Gasteiger partial charge on any atom is 0.335 e. The molecule has 2 rings (SSSR count). The van der Waals surface area contributed by atoms with Crippen molar-refractivity contribution in [3.8, 4) is 0 Å². The minimum atomic E-state index is -1.06. The van der Waals surface area contributed by atoms with E-state index in [0.29, 0.717) is 5.56 Å². The predicted molar refractivity (Wildman–Crippen MR) is 70.7 cm³/mol. The fourth-order valence-corrected chi connectivity index (χ4v) is 2.31. The molecule has 1 heterocycles. The van der Waals surface area contributed by atoms with E-state index >= 15 is 0 Å². The Morgan fingerprint density at radius 2 is 2.37 bits per heavy atom. The average molecular weight is 280 g/mol. The number of benzene rings is 1. The third-order valence-corrected chi connectivity index (χ3v) is 3.67. The van der Waals surface area contributed by atoms with Crippen molar-refractivity contribution in [1.29, 1.82) is 0 Å². The molecule has 2 aromatic rings. The fraction of sp³-hybridized carbons (Fsp3) is 0.231. The van der Waals surface area contributed by atoms with Gasteiger partial charge in [-0.25, -0.2) is 14.2 Å². The summed E-state index contributed by atoms with van der Waals surface area (Å²) in [7, 11) is 0. The maximum absolute atomic E-state index is 13.6. The van der Waals surface area contributed by atoms with E-state index in [1.807, 2.05) is 12.3 Å². The van der Waals surface area contributed by atoms with Crippen molar-refractivity contribution in [3.63, 3.8) is 0 Å². The van der Waals surface area contributed by atoms with Gasteiger partial charge in [0.25, 0.3) is 0 Å². The topological polar surface area (TPSA) is 62.2 Å². The van der Waals surface area contributed by atoms with Crippen LogP contribution in [0.2, 0.25) is 0 Å². The molecule has 1 unspecified atom stereocenters. The van der Waals surface area contributed by atoms with E-state index in [0.717, 1.165) is 5.01 Å². The summed E-state index contributed by atoms with van der Waals surface area (Å²) in [5.74, 6) is -1.47. The van der Waals surface area contributed by atoms with E-state index in [1.165, 1.54) is 29.5 Å². The second kappa shape index (κ2) is 5.90. The number of aromatic nitrogens is 1. The lowest BCUT2D eigenvalue weighted by Gasteiger charge is -2.12. The van der Waals surface area contributed by atoms with Gasteiger partial charge >= 0.3 is 5.97 Å². The van der Waals surface area contributed by atoms with Crippen LogP contribution in [0.1, 0.15) is 33.9 Å². The molecule has 0 spiro atoms. The normalized spacial score (nSPS) is 12.3. The Balaban J connectivity index is 2.06. The van der Waals surface area contributed by atoms with Crippen LogP contribution in [0, 0.1) is 5.82 Å². The molecule has 0 aliphatic carbocycles. The van der Waals surface area contributed by atoms with Crippen molar-refractivity contribution in [2.45, 2.75) is 19.5 Å². The molecule has 100 valence electrons. The monoisotopic (exact) mass is 280 g/mol. The van der Waals surface area contributed by atoms with E-state index in [9.17, 15) is 9.18 Å². The lowest BCUT2D eigenvalue weighted by molar-refractivity contribution is 0.0696. The van der Waals surface area contributed by atoms with Crippen LogP contribution in [0.4, 0.5) is 4.39 Å². The molecule has 4 nitrogen and oxygen atoms in total. The molecule has 1 atom stereocenters. The number of nitrogens with one attached hydrogen (secondary N) is 1. The first-order valence-corrected chi connectivity index (χ1v) is 6.60. The zero-order valence-electron chi connectivity index (χ0n) is 10.3. The minimum absolute atomic E-state index is 0.00659. The highest BCUT2D eigenvalue weighted by Gasteiger charge is 2.11. The number of carboxylic acids is 1. The van der Waals surface area contributed by atoms with Crippen molar-refractivity contribution in [1.82, 2.24) is 10.3 Å². The van der Waals surface area contributed by atoms with Gasteiger partial charge in [0.15, 0.2) is 0 Å². The van der Waals surface area contributed by atoms with E-state index < -0.39 is 11.8 Å². The molecule has 6 heteroatoms. The van der Waals surface area contributed by atoms with Gasteiger partial charge in [0, 0.05) is 23.7 Å². The van der Waals surface area contributed by atoms with Crippen LogP contribution >= 0.6 is 11.3 Å².